The van der Waals surface area contributed by atoms with Gasteiger partial charge in [0.2, 0.25) is 0 Å². The second kappa shape index (κ2) is 6.56. The van der Waals surface area contributed by atoms with E-state index in [1.54, 1.807) is 0 Å². The molecule has 1 atom stereocenters. The third-order valence-electron chi connectivity index (χ3n) is 2.07. The molecule has 0 fully saturated rings. The van der Waals surface area contributed by atoms with Crippen LogP contribution in [-0.2, 0) is 15.3 Å². The standard InChI is InChI=1S/C11H13F2NO2S/c1-16-11(15)10(14)6-17-5-7-2-3-8(12)4-9(7)13/h2-4,10H,5-6,14H2,1H3. The van der Waals surface area contributed by atoms with Crippen molar-refractivity contribution in [3.63, 3.8) is 0 Å². The number of ether oxygens (including phenoxy) is 1. The van der Waals surface area contributed by atoms with Gasteiger partial charge in [-0.2, -0.15) is 11.8 Å². The highest BCUT2D eigenvalue weighted by Crippen LogP contribution is 2.17. The number of benzene rings is 1. The predicted octanol–water partition coefficient (Wildman–Crippen LogP) is 1.70. The monoisotopic (exact) mass is 261 g/mol. The highest BCUT2D eigenvalue weighted by atomic mass is 32.2. The van der Waals surface area contributed by atoms with Gasteiger partial charge in [-0.25, -0.2) is 8.78 Å². The molecule has 17 heavy (non-hydrogen) atoms. The Bertz CT molecular complexity index is 401. The summed E-state index contributed by atoms with van der Waals surface area (Å²) in [7, 11) is 1.26. The minimum Gasteiger partial charge on any atom is -0.468 e. The van der Waals surface area contributed by atoms with E-state index in [2.05, 4.69) is 4.74 Å². The Labute approximate surface area is 102 Å². The van der Waals surface area contributed by atoms with Crippen molar-refractivity contribution in [2.24, 2.45) is 5.73 Å². The van der Waals surface area contributed by atoms with E-state index in [0.29, 0.717) is 17.1 Å². The van der Waals surface area contributed by atoms with Crippen molar-refractivity contribution in [2.45, 2.75) is 11.8 Å². The van der Waals surface area contributed by atoms with Gasteiger partial charge in [0.25, 0.3) is 0 Å². The van der Waals surface area contributed by atoms with Gasteiger partial charge >= 0.3 is 5.97 Å². The van der Waals surface area contributed by atoms with E-state index in [1.807, 2.05) is 0 Å². The first-order valence-electron chi connectivity index (χ1n) is 4.89. The molecule has 0 heterocycles. The SMILES string of the molecule is COC(=O)C(N)CSCc1ccc(F)cc1F. The Hall–Kier alpha value is -1.14. The Balaban J connectivity index is 2.43. The molecular weight excluding hydrogens is 248 g/mol. The molecule has 0 spiro atoms. The van der Waals surface area contributed by atoms with Crippen LogP contribution in [0.15, 0.2) is 18.2 Å². The molecule has 3 nitrogen and oxygen atoms in total. The maximum Gasteiger partial charge on any atom is 0.323 e. The zero-order valence-electron chi connectivity index (χ0n) is 9.28. The Kier molecular flexibility index (Phi) is 5.37. The Morgan fingerprint density at radius 3 is 2.82 bits per heavy atom. The molecule has 0 aliphatic heterocycles. The van der Waals surface area contributed by atoms with Gasteiger partial charge in [-0.1, -0.05) is 6.07 Å². The van der Waals surface area contributed by atoms with Crippen LogP contribution in [0.2, 0.25) is 0 Å². The van der Waals surface area contributed by atoms with Crippen LogP contribution < -0.4 is 5.73 Å². The van der Waals surface area contributed by atoms with E-state index >= 15 is 0 Å². The molecule has 0 radical (unpaired) electrons. The lowest BCUT2D eigenvalue weighted by Crippen LogP contribution is -2.33. The second-order valence-corrected chi connectivity index (χ2v) is 4.41. The third kappa shape index (κ3) is 4.32. The van der Waals surface area contributed by atoms with E-state index in [0.717, 1.165) is 6.07 Å². The third-order valence-corrected chi connectivity index (χ3v) is 3.18. The first-order valence-corrected chi connectivity index (χ1v) is 6.05. The molecule has 1 aromatic carbocycles. The van der Waals surface area contributed by atoms with Crippen molar-refractivity contribution in [2.75, 3.05) is 12.9 Å². The van der Waals surface area contributed by atoms with E-state index in [9.17, 15) is 13.6 Å². The van der Waals surface area contributed by atoms with Crippen LogP contribution in [0.4, 0.5) is 8.78 Å². The van der Waals surface area contributed by atoms with Crippen molar-refractivity contribution in [1.29, 1.82) is 0 Å². The van der Waals surface area contributed by atoms with E-state index < -0.39 is 23.6 Å². The van der Waals surface area contributed by atoms with Gasteiger partial charge in [0.15, 0.2) is 0 Å². The summed E-state index contributed by atoms with van der Waals surface area (Å²) in [6.07, 6.45) is 0. The largest absolute Gasteiger partial charge is 0.468 e. The Morgan fingerprint density at radius 1 is 1.53 bits per heavy atom. The van der Waals surface area contributed by atoms with Crippen LogP contribution in [0.1, 0.15) is 5.56 Å². The fourth-order valence-electron chi connectivity index (χ4n) is 1.15. The number of thioether (sulfide) groups is 1. The van der Waals surface area contributed by atoms with Gasteiger partial charge in [-0.05, 0) is 11.6 Å². The highest BCUT2D eigenvalue weighted by molar-refractivity contribution is 7.98. The minimum atomic E-state index is -0.728. The van der Waals surface area contributed by atoms with Gasteiger partial charge in [0.05, 0.1) is 7.11 Å². The Morgan fingerprint density at radius 2 is 2.24 bits per heavy atom. The van der Waals surface area contributed by atoms with E-state index in [1.165, 1.54) is 31.0 Å². The number of methoxy groups -OCH3 is 1. The smallest absolute Gasteiger partial charge is 0.323 e. The summed E-state index contributed by atoms with van der Waals surface area (Å²) in [6.45, 7) is 0. The zero-order chi connectivity index (χ0) is 12.8. The zero-order valence-corrected chi connectivity index (χ0v) is 10.1. The van der Waals surface area contributed by atoms with Crippen molar-refractivity contribution < 1.29 is 18.3 Å². The van der Waals surface area contributed by atoms with Gasteiger partial charge in [0, 0.05) is 17.6 Å². The van der Waals surface area contributed by atoms with Crippen LogP contribution in [0.25, 0.3) is 0 Å². The van der Waals surface area contributed by atoms with Crippen LogP contribution in [0.5, 0.6) is 0 Å². The minimum absolute atomic E-state index is 0.323. The number of carbonyl (C=O) groups excluding carboxylic acids is 1. The summed E-state index contributed by atoms with van der Waals surface area (Å²) in [5, 5.41) is 0. The summed E-state index contributed by atoms with van der Waals surface area (Å²) in [4.78, 5) is 11.0. The number of nitrogens with two attached hydrogens (primary N) is 1. The topological polar surface area (TPSA) is 52.3 Å². The summed E-state index contributed by atoms with van der Waals surface area (Å²) >= 11 is 1.29. The van der Waals surface area contributed by atoms with Crippen molar-refractivity contribution in [3.8, 4) is 0 Å². The summed E-state index contributed by atoms with van der Waals surface area (Å²) in [6, 6.07) is 2.67. The molecular formula is C11H13F2NO2S. The number of halogens is 2. The molecule has 0 aromatic heterocycles. The van der Waals surface area contributed by atoms with Gasteiger partial charge in [0.1, 0.15) is 17.7 Å². The molecule has 0 amide bonds. The summed E-state index contributed by atoms with van der Waals surface area (Å²) in [5.41, 5.74) is 5.89. The average Bonchev–Trinajstić information content (AvgIpc) is 2.30. The predicted molar refractivity (Wildman–Crippen MR) is 62.5 cm³/mol. The van der Waals surface area contributed by atoms with Crippen LogP contribution in [0, 0.1) is 11.6 Å². The number of esters is 1. The first kappa shape index (κ1) is 13.9. The number of hydrogen-bond donors (Lipinski definition) is 1. The normalized spacial score (nSPS) is 12.2. The molecule has 1 rings (SSSR count). The maximum absolute atomic E-state index is 13.2. The van der Waals surface area contributed by atoms with E-state index in [4.69, 9.17) is 5.73 Å². The quantitative estimate of drug-likeness (QED) is 0.820. The highest BCUT2D eigenvalue weighted by Gasteiger charge is 2.13. The fourth-order valence-corrected chi connectivity index (χ4v) is 2.12. The van der Waals surface area contributed by atoms with Crippen LogP contribution in [0.3, 0.4) is 0 Å². The molecule has 0 aliphatic carbocycles. The number of carbonyl (C=O) groups is 1. The molecule has 94 valence electrons. The average molecular weight is 261 g/mol. The summed E-state index contributed by atoms with van der Waals surface area (Å²) in [5.74, 6) is -1.05. The molecule has 0 saturated carbocycles. The van der Waals surface area contributed by atoms with Gasteiger partial charge in [-0.3, -0.25) is 4.79 Å². The lowest BCUT2D eigenvalue weighted by Gasteiger charge is -2.08. The molecule has 1 aromatic rings. The molecule has 2 N–H and O–H groups in total. The lowest BCUT2D eigenvalue weighted by molar-refractivity contribution is -0.141. The van der Waals surface area contributed by atoms with Crippen molar-refractivity contribution in [3.05, 3.63) is 35.4 Å². The fraction of sp³-hybridized carbons (Fsp3) is 0.364. The molecule has 1 unspecified atom stereocenters. The van der Waals surface area contributed by atoms with Crippen molar-refractivity contribution in [1.82, 2.24) is 0 Å². The molecule has 0 saturated heterocycles. The maximum atomic E-state index is 13.2. The molecule has 0 aliphatic rings. The van der Waals surface area contributed by atoms with Crippen LogP contribution in [-0.4, -0.2) is 24.9 Å². The number of hydrogen-bond acceptors (Lipinski definition) is 4. The van der Waals surface area contributed by atoms with Gasteiger partial charge < -0.3 is 10.5 Å². The van der Waals surface area contributed by atoms with E-state index in [-0.39, 0.29) is 0 Å². The van der Waals surface area contributed by atoms with Crippen LogP contribution >= 0.6 is 11.8 Å². The lowest BCUT2D eigenvalue weighted by atomic mass is 10.2. The van der Waals surface area contributed by atoms with Gasteiger partial charge in [-0.15, -0.1) is 0 Å². The van der Waals surface area contributed by atoms with Crippen molar-refractivity contribution >= 4 is 17.7 Å². The molecule has 6 heteroatoms. The first-order chi connectivity index (χ1) is 8.04. The second-order valence-electron chi connectivity index (χ2n) is 3.38. The molecule has 0 bridgehead atoms. The number of rotatable bonds is 5. The summed E-state index contributed by atoms with van der Waals surface area (Å²) < 4.78 is 30.3.